The molecule has 1 aromatic carbocycles. The van der Waals surface area contributed by atoms with Crippen LogP contribution in [-0.2, 0) is 4.79 Å². The fraction of sp³-hybridized carbons (Fsp3) is 0.176. The Hall–Kier alpha value is -1.54. The molecule has 3 rings (SSSR count). The highest BCUT2D eigenvalue weighted by molar-refractivity contribution is 14.1. The molecule has 0 spiro atoms. The first-order chi connectivity index (χ1) is 11.1. The molecule has 4 nitrogen and oxygen atoms in total. The molecule has 118 valence electrons. The van der Waals surface area contributed by atoms with Crippen LogP contribution in [0.15, 0.2) is 47.5 Å². The highest BCUT2D eigenvalue weighted by atomic mass is 127. The Morgan fingerprint density at radius 1 is 1.17 bits per heavy atom. The maximum absolute atomic E-state index is 12.3. The molecule has 1 aliphatic heterocycles. The second kappa shape index (κ2) is 6.92. The summed E-state index contributed by atoms with van der Waals surface area (Å²) in [6.45, 7) is 2.43. The molecule has 2 aromatic rings. The fourth-order valence-electron chi connectivity index (χ4n) is 2.40. The minimum atomic E-state index is -0.197. The van der Waals surface area contributed by atoms with Crippen LogP contribution in [0.25, 0.3) is 11.8 Å². The normalized spacial score (nSPS) is 16.6. The summed E-state index contributed by atoms with van der Waals surface area (Å²) in [5.41, 5.74) is 1.91. The molecule has 0 atom stereocenters. The van der Waals surface area contributed by atoms with E-state index in [4.69, 9.17) is 0 Å². The number of halogens is 1. The summed E-state index contributed by atoms with van der Waals surface area (Å²) in [5.74, 6) is -0.197. The van der Waals surface area contributed by atoms with Gasteiger partial charge in [-0.15, -0.1) is 0 Å². The SMILES string of the molecule is CCCN1C(=O)S/C(=C/c2cccn2-c2ccc(I)cc2)C1=O. The van der Waals surface area contributed by atoms with Crippen molar-refractivity contribution >= 4 is 51.6 Å². The van der Waals surface area contributed by atoms with E-state index in [0.29, 0.717) is 11.4 Å². The molecule has 1 saturated heterocycles. The minimum Gasteiger partial charge on any atom is -0.317 e. The lowest BCUT2D eigenvalue weighted by Crippen LogP contribution is -2.28. The first-order valence-electron chi connectivity index (χ1n) is 7.29. The van der Waals surface area contributed by atoms with Gasteiger partial charge in [0.1, 0.15) is 0 Å². The molecule has 0 unspecified atom stereocenters. The molecule has 6 heteroatoms. The Morgan fingerprint density at radius 3 is 2.61 bits per heavy atom. The Kier molecular flexibility index (Phi) is 4.91. The van der Waals surface area contributed by atoms with Gasteiger partial charge in [-0.25, -0.2) is 0 Å². The summed E-state index contributed by atoms with van der Waals surface area (Å²) in [6, 6.07) is 12.0. The van der Waals surface area contributed by atoms with Gasteiger partial charge in [0.25, 0.3) is 11.1 Å². The number of amides is 2. The molecule has 0 aliphatic carbocycles. The van der Waals surface area contributed by atoms with Crippen LogP contribution < -0.4 is 0 Å². The van der Waals surface area contributed by atoms with Gasteiger partial charge in [-0.1, -0.05) is 6.92 Å². The van der Waals surface area contributed by atoms with Crippen LogP contribution in [-0.4, -0.2) is 27.2 Å². The Morgan fingerprint density at radius 2 is 1.91 bits per heavy atom. The van der Waals surface area contributed by atoms with Crippen LogP contribution in [0.4, 0.5) is 4.79 Å². The second-order valence-corrected chi connectivity index (χ2v) is 7.35. The van der Waals surface area contributed by atoms with E-state index < -0.39 is 0 Å². The molecule has 1 aliphatic rings. The van der Waals surface area contributed by atoms with Crippen LogP contribution in [0, 0.1) is 3.57 Å². The lowest BCUT2D eigenvalue weighted by molar-refractivity contribution is -0.122. The molecule has 2 heterocycles. The van der Waals surface area contributed by atoms with Crippen molar-refractivity contribution < 1.29 is 9.59 Å². The van der Waals surface area contributed by atoms with Gasteiger partial charge < -0.3 is 4.57 Å². The third-order valence-electron chi connectivity index (χ3n) is 3.48. The van der Waals surface area contributed by atoms with Gasteiger partial charge in [-0.3, -0.25) is 14.5 Å². The number of carbonyl (C=O) groups is 2. The average Bonchev–Trinajstić information content (AvgIpc) is 3.09. The lowest BCUT2D eigenvalue weighted by Gasteiger charge is -2.10. The van der Waals surface area contributed by atoms with Gasteiger partial charge in [0, 0.05) is 27.7 Å². The Labute approximate surface area is 152 Å². The topological polar surface area (TPSA) is 42.3 Å². The predicted octanol–water partition coefficient (Wildman–Crippen LogP) is 4.53. The van der Waals surface area contributed by atoms with E-state index in [1.807, 2.05) is 54.1 Å². The fourth-order valence-corrected chi connectivity index (χ4v) is 3.61. The highest BCUT2D eigenvalue weighted by Crippen LogP contribution is 2.32. The molecular weight excluding hydrogens is 423 g/mol. The van der Waals surface area contributed by atoms with Gasteiger partial charge in [-0.05, 0) is 83.2 Å². The van der Waals surface area contributed by atoms with Gasteiger partial charge in [-0.2, -0.15) is 0 Å². The van der Waals surface area contributed by atoms with E-state index in [2.05, 4.69) is 22.6 Å². The number of nitrogens with zero attached hydrogens (tertiary/aromatic N) is 2. The van der Waals surface area contributed by atoms with E-state index in [1.54, 1.807) is 6.08 Å². The standard InChI is InChI=1S/C17H15IN2O2S/c1-2-9-20-16(21)15(23-17(20)22)11-14-4-3-10-19(14)13-7-5-12(18)6-8-13/h3-8,10-11H,2,9H2,1H3/b15-11+. The van der Waals surface area contributed by atoms with Crippen LogP contribution in [0.1, 0.15) is 19.0 Å². The summed E-state index contributed by atoms with van der Waals surface area (Å²) in [4.78, 5) is 26.1. The first-order valence-corrected chi connectivity index (χ1v) is 9.18. The van der Waals surface area contributed by atoms with Crippen molar-refractivity contribution in [1.29, 1.82) is 0 Å². The molecule has 1 aromatic heterocycles. The maximum atomic E-state index is 12.3. The van der Waals surface area contributed by atoms with Crippen molar-refractivity contribution in [3.05, 3.63) is 56.8 Å². The van der Waals surface area contributed by atoms with E-state index in [0.717, 1.165) is 29.6 Å². The number of hydrogen-bond donors (Lipinski definition) is 0. The molecule has 0 radical (unpaired) electrons. The molecule has 23 heavy (non-hydrogen) atoms. The van der Waals surface area contributed by atoms with E-state index in [9.17, 15) is 9.59 Å². The number of benzene rings is 1. The van der Waals surface area contributed by atoms with Crippen molar-refractivity contribution in [3.63, 3.8) is 0 Å². The van der Waals surface area contributed by atoms with Crippen molar-refractivity contribution in [2.45, 2.75) is 13.3 Å². The molecule has 0 saturated carbocycles. The largest absolute Gasteiger partial charge is 0.317 e. The summed E-state index contributed by atoms with van der Waals surface area (Å²) in [7, 11) is 0. The second-order valence-electron chi connectivity index (χ2n) is 5.11. The van der Waals surface area contributed by atoms with Crippen molar-refractivity contribution in [2.24, 2.45) is 0 Å². The van der Waals surface area contributed by atoms with Crippen LogP contribution in [0.3, 0.4) is 0 Å². The molecule has 1 fully saturated rings. The third kappa shape index (κ3) is 3.37. The zero-order chi connectivity index (χ0) is 16.4. The number of thioether (sulfide) groups is 1. The third-order valence-corrected chi connectivity index (χ3v) is 5.11. The van der Waals surface area contributed by atoms with Crippen LogP contribution in [0.5, 0.6) is 0 Å². The predicted molar refractivity (Wildman–Crippen MR) is 101 cm³/mol. The Balaban J connectivity index is 1.92. The molecular formula is C17H15IN2O2S. The minimum absolute atomic E-state index is 0.185. The van der Waals surface area contributed by atoms with Gasteiger partial charge in [0.15, 0.2) is 0 Å². The monoisotopic (exact) mass is 438 g/mol. The quantitative estimate of drug-likeness (QED) is 0.521. The number of rotatable bonds is 4. The summed E-state index contributed by atoms with van der Waals surface area (Å²) in [5, 5.41) is -0.185. The summed E-state index contributed by atoms with van der Waals surface area (Å²) in [6.07, 6.45) is 4.51. The van der Waals surface area contributed by atoms with E-state index >= 15 is 0 Å². The van der Waals surface area contributed by atoms with Crippen molar-refractivity contribution in [1.82, 2.24) is 9.47 Å². The zero-order valence-corrected chi connectivity index (χ0v) is 15.5. The lowest BCUT2D eigenvalue weighted by atomic mass is 10.3. The molecule has 2 amide bonds. The summed E-state index contributed by atoms with van der Waals surface area (Å²) >= 11 is 3.28. The number of aromatic nitrogens is 1. The van der Waals surface area contributed by atoms with Crippen LogP contribution in [0.2, 0.25) is 0 Å². The van der Waals surface area contributed by atoms with Crippen molar-refractivity contribution in [2.75, 3.05) is 6.54 Å². The maximum Gasteiger partial charge on any atom is 0.293 e. The smallest absolute Gasteiger partial charge is 0.293 e. The van der Waals surface area contributed by atoms with Crippen LogP contribution >= 0.6 is 34.4 Å². The number of hydrogen-bond acceptors (Lipinski definition) is 3. The number of carbonyl (C=O) groups excluding carboxylic acids is 2. The summed E-state index contributed by atoms with van der Waals surface area (Å²) < 4.78 is 3.17. The molecule has 0 N–H and O–H groups in total. The van der Waals surface area contributed by atoms with E-state index in [-0.39, 0.29) is 11.1 Å². The van der Waals surface area contributed by atoms with Gasteiger partial charge in [0.2, 0.25) is 0 Å². The van der Waals surface area contributed by atoms with Crippen molar-refractivity contribution in [3.8, 4) is 5.69 Å². The molecule has 0 bridgehead atoms. The average molecular weight is 438 g/mol. The van der Waals surface area contributed by atoms with Gasteiger partial charge in [0.05, 0.1) is 4.91 Å². The van der Waals surface area contributed by atoms with Gasteiger partial charge >= 0.3 is 0 Å². The highest BCUT2D eigenvalue weighted by Gasteiger charge is 2.34. The Bertz CT molecular complexity index is 780. The first kappa shape index (κ1) is 16.3. The van der Waals surface area contributed by atoms with E-state index in [1.165, 1.54) is 8.47 Å². The number of imide groups is 1. The zero-order valence-electron chi connectivity index (χ0n) is 12.5.